The fraction of sp³-hybridized carbons (Fsp3) is 0.600. The van der Waals surface area contributed by atoms with Crippen LogP contribution in [0.2, 0.25) is 0 Å². The number of carbonyl (C=O) groups is 2. The van der Waals surface area contributed by atoms with Crippen molar-refractivity contribution < 1.29 is 9.59 Å². The van der Waals surface area contributed by atoms with Gasteiger partial charge in [0, 0.05) is 7.05 Å². The van der Waals surface area contributed by atoms with Crippen LogP contribution >= 0.6 is 0 Å². The van der Waals surface area contributed by atoms with Gasteiger partial charge < -0.3 is 0 Å². The Bertz CT molecular complexity index is 166. The molecule has 0 aliphatic carbocycles. The first-order chi connectivity index (χ1) is 4.13. The number of nitrogens with zero attached hydrogens (tertiary/aromatic N) is 2. The first-order valence-electron chi connectivity index (χ1n) is 2.65. The predicted molar refractivity (Wildman–Crippen MR) is 29.8 cm³/mol. The number of urea groups is 1. The second kappa shape index (κ2) is 1.72. The van der Waals surface area contributed by atoms with Gasteiger partial charge in [-0.15, -0.1) is 0 Å². The summed E-state index contributed by atoms with van der Waals surface area (Å²) >= 11 is 0. The molecule has 0 saturated carbocycles. The first kappa shape index (κ1) is 6.07. The Labute approximate surface area is 52.8 Å². The van der Waals surface area contributed by atoms with Crippen LogP contribution < -0.4 is 5.32 Å². The maximum atomic E-state index is 10.7. The third-order valence-electron chi connectivity index (χ3n) is 1.28. The van der Waals surface area contributed by atoms with Crippen LogP contribution in [0.4, 0.5) is 4.79 Å². The second-order valence-corrected chi connectivity index (χ2v) is 1.98. The van der Waals surface area contributed by atoms with Gasteiger partial charge in [0.05, 0.1) is 0 Å². The van der Waals surface area contributed by atoms with Crippen molar-refractivity contribution in [2.75, 3.05) is 7.05 Å². The number of amides is 3. The van der Waals surface area contributed by atoms with E-state index in [1.54, 1.807) is 6.92 Å². The minimum Gasteiger partial charge on any atom is -0.272 e. The third kappa shape index (κ3) is 0.759. The molecular weight excluding hydrogens is 120 g/mol. The lowest BCUT2D eigenvalue weighted by Gasteiger charge is -1.99. The van der Waals surface area contributed by atoms with Crippen molar-refractivity contribution in [1.29, 1.82) is 0 Å². The van der Waals surface area contributed by atoms with E-state index in [2.05, 4.69) is 5.32 Å². The fourth-order valence-electron chi connectivity index (χ4n) is 0.682. The molecule has 0 bridgehead atoms. The Hall–Kier alpha value is -1.06. The molecule has 0 aromatic rings. The summed E-state index contributed by atoms with van der Waals surface area (Å²) in [6.45, 7) is 1.60. The van der Waals surface area contributed by atoms with E-state index >= 15 is 0 Å². The Kier molecular flexibility index (Phi) is 1.16. The first-order valence-corrected chi connectivity index (χ1v) is 2.65. The van der Waals surface area contributed by atoms with Gasteiger partial charge in [-0.25, -0.2) is 10.1 Å². The van der Waals surface area contributed by atoms with Crippen LogP contribution in [-0.2, 0) is 4.79 Å². The number of hydrogen-bond donors (Lipinski definition) is 0. The summed E-state index contributed by atoms with van der Waals surface area (Å²) in [5.74, 6) is -0.222. The van der Waals surface area contributed by atoms with Gasteiger partial charge in [-0.3, -0.25) is 9.69 Å². The SMILES string of the molecule is CC1[N]C(=O)N(C)C1=O. The lowest BCUT2D eigenvalue weighted by Crippen LogP contribution is -2.25. The van der Waals surface area contributed by atoms with Crippen molar-refractivity contribution in [1.82, 2.24) is 10.2 Å². The zero-order valence-corrected chi connectivity index (χ0v) is 5.29. The maximum Gasteiger partial charge on any atom is 0.346 e. The second-order valence-electron chi connectivity index (χ2n) is 1.98. The molecule has 0 N–H and O–H groups in total. The van der Waals surface area contributed by atoms with Crippen LogP contribution in [0.3, 0.4) is 0 Å². The van der Waals surface area contributed by atoms with Gasteiger partial charge in [0.15, 0.2) is 0 Å². The van der Waals surface area contributed by atoms with Crippen molar-refractivity contribution in [3.63, 3.8) is 0 Å². The summed E-state index contributed by atoms with van der Waals surface area (Å²) in [5, 5.41) is 3.49. The van der Waals surface area contributed by atoms with Crippen LogP contribution in [0, 0.1) is 0 Å². The highest BCUT2D eigenvalue weighted by Crippen LogP contribution is 2.02. The number of carbonyl (C=O) groups excluding carboxylic acids is 2. The lowest BCUT2D eigenvalue weighted by molar-refractivity contribution is -0.126. The quantitative estimate of drug-likeness (QED) is 0.414. The topological polar surface area (TPSA) is 51.5 Å². The number of likely N-dealkylation sites (N-methyl/N-ethyl adjacent to an activating group) is 1. The van der Waals surface area contributed by atoms with E-state index < -0.39 is 12.1 Å². The molecule has 4 nitrogen and oxygen atoms in total. The molecule has 9 heavy (non-hydrogen) atoms. The van der Waals surface area contributed by atoms with Gasteiger partial charge in [-0.05, 0) is 6.92 Å². The van der Waals surface area contributed by atoms with Crippen LogP contribution in [-0.4, -0.2) is 29.9 Å². The normalized spacial score (nSPS) is 26.9. The van der Waals surface area contributed by atoms with E-state index in [4.69, 9.17) is 0 Å². The number of rotatable bonds is 0. The summed E-state index contributed by atoms with van der Waals surface area (Å²) in [6.07, 6.45) is 0. The zero-order valence-electron chi connectivity index (χ0n) is 5.29. The van der Waals surface area contributed by atoms with Gasteiger partial charge >= 0.3 is 6.03 Å². The van der Waals surface area contributed by atoms with E-state index in [1.165, 1.54) is 7.05 Å². The molecule has 1 atom stereocenters. The van der Waals surface area contributed by atoms with Gasteiger partial charge in [0.1, 0.15) is 6.04 Å². The Balaban J connectivity index is 2.77. The average molecular weight is 127 g/mol. The van der Waals surface area contributed by atoms with Crippen LogP contribution in [0.1, 0.15) is 6.92 Å². The molecule has 0 spiro atoms. The molecule has 49 valence electrons. The van der Waals surface area contributed by atoms with Crippen molar-refractivity contribution in [3.8, 4) is 0 Å². The lowest BCUT2D eigenvalue weighted by atomic mass is 10.3. The molecule has 1 saturated heterocycles. The Morgan fingerprint density at radius 3 is 2.22 bits per heavy atom. The largest absolute Gasteiger partial charge is 0.346 e. The molecule has 0 aromatic carbocycles. The van der Waals surface area contributed by atoms with Crippen molar-refractivity contribution >= 4 is 11.9 Å². The molecule has 1 heterocycles. The summed E-state index contributed by atoms with van der Waals surface area (Å²) in [6, 6.07) is -0.907. The standard InChI is InChI=1S/C5H7N2O2/c1-3-4(8)7(2)5(9)6-3/h3H,1-2H3. The molecule has 1 aliphatic rings. The zero-order chi connectivity index (χ0) is 7.02. The predicted octanol–water partition coefficient (Wildman–Crippen LogP) is -0.429. The number of hydrogen-bond acceptors (Lipinski definition) is 2. The Morgan fingerprint density at radius 1 is 1.56 bits per heavy atom. The molecule has 1 fully saturated rings. The highest BCUT2D eigenvalue weighted by Gasteiger charge is 2.33. The minimum atomic E-state index is -0.470. The molecule has 1 aliphatic heterocycles. The van der Waals surface area contributed by atoms with Crippen molar-refractivity contribution in [2.45, 2.75) is 13.0 Å². The van der Waals surface area contributed by atoms with Gasteiger partial charge in [0.2, 0.25) is 0 Å². The van der Waals surface area contributed by atoms with Gasteiger partial charge in [-0.2, -0.15) is 0 Å². The summed E-state index contributed by atoms with van der Waals surface area (Å²) in [4.78, 5) is 22.3. The highest BCUT2D eigenvalue weighted by atomic mass is 16.2. The summed E-state index contributed by atoms with van der Waals surface area (Å²) < 4.78 is 0. The van der Waals surface area contributed by atoms with Crippen molar-refractivity contribution in [2.24, 2.45) is 0 Å². The van der Waals surface area contributed by atoms with Crippen LogP contribution in [0.15, 0.2) is 0 Å². The average Bonchev–Trinajstić information content (AvgIpc) is 1.98. The van der Waals surface area contributed by atoms with Crippen LogP contribution in [0.25, 0.3) is 0 Å². The van der Waals surface area contributed by atoms with E-state index in [0.717, 1.165) is 4.90 Å². The number of imide groups is 1. The van der Waals surface area contributed by atoms with E-state index in [0.29, 0.717) is 0 Å². The third-order valence-corrected chi connectivity index (χ3v) is 1.28. The van der Waals surface area contributed by atoms with Crippen LogP contribution in [0.5, 0.6) is 0 Å². The highest BCUT2D eigenvalue weighted by molar-refractivity contribution is 6.03. The van der Waals surface area contributed by atoms with E-state index in [-0.39, 0.29) is 5.91 Å². The van der Waals surface area contributed by atoms with E-state index in [9.17, 15) is 9.59 Å². The molecule has 4 heteroatoms. The molecule has 3 amide bonds. The summed E-state index contributed by atoms with van der Waals surface area (Å²) in [7, 11) is 1.43. The maximum absolute atomic E-state index is 10.7. The smallest absolute Gasteiger partial charge is 0.272 e. The summed E-state index contributed by atoms with van der Waals surface area (Å²) in [5.41, 5.74) is 0. The molecule has 1 rings (SSSR count). The molecule has 1 unspecified atom stereocenters. The van der Waals surface area contributed by atoms with Gasteiger partial charge in [0.25, 0.3) is 5.91 Å². The molecule has 1 radical (unpaired) electrons. The van der Waals surface area contributed by atoms with Crippen molar-refractivity contribution in [3.05, 3.63) is 0 Å². The minimum absolute atomic E-state index is 0.222. The van der Waals surface area contributed by atoms with E-state index in [1.807, 2.05) is 0 Å². The van der Waals surface area contributed by atoms with Gasteiger partial charge in [-0.1, -0.05) is 0 Å². The monoisotopic (exact) mass is 127 g/mol. The molecule has 0 aromatic heterocycles. The Morgan fingerprint density at radius 2 is 2.11 bits per heavy atom. The molecular formula is C5H7N2O2. The fourth-order valence-corrected chi connectivity index (χ4v) is 0.682.